The molecule has 0 aliphatic heterocycles. The highest BCUT2D eigenvalue weighted by Crippen LogP contribution is 1.89. The lowest BCUT2D eigenvalue weighted by Gasteiger charge is -1.90. The van der Waals surface area contributed by atoms with Gasteiger partial charge in [-0.05, 0) is 6.42 Å². The molecule has 0 aliphatic rings. The second kappa shape index (κ2) is 6.09. The molecule has 64 valence electrons. The molecular formula is C7H12O3S. The molecule has 0 rings (SSSR count). The SMILES string of the molecule is CCCS(=O)C=CC(=O)OC. The van der Waals surface area contributed by atoms with Gasteiger partial charge in [0, 0.05) is 28.0 Å². The Morgan fingerprint density at radius 2 is 2.27 bits per heavy atom. The zero-order valence-electron chi connectivity index (χ0n) is 6.70. The summed E-state index contributed by atoms with van der Waals surface area (Å²) in [6.07, 6.45) is 2.03. The standard InChI is InChI=1S/C7H12O3S/c1-3-5-11(9)6-4-7(8)10-2/h4,6H,3,5H2,1-2H3. The Labute approximate surface area is 68.9 Å². The minimum Gasteiger partial charge on any atom is -0.466 e. The van der Waals surface area contributed by atoms with Gasteiger partial charge in [0.2, 0.25) is 0 Å². The number of methoxy groups -OCH3 is 1. The molecule has 0 saturated heterocycles. The van der Waals surface area contributed by atoms with Crippen LogP contribution in [-0.2, 0) is 20.3 Å². The number of hydrogen-bond donors (Lipinski definition) is 0. The molecule has 0 saturated carbocycles. The first-order valence-corrected chi connectivity index (χ1v) is 4.72. The fraction of sp³-hybridized carbons (Fsp3) is 0.571. The molecule has 0 amide bonds. The van der Waals surface area contributed by atoms with Crippen molar-refractivity contribution in [3.63, 3.8) is 0 Å². The van der Waals surface area contributed by atoms with E-state index in [9.17, 15) is 9.00 Å². The number of rotatable bonds is 4. The van der Waals surface area contributed by atoms with Crippen LogP contribution in [0.2, 0.25) is 0 Å². The first kappa shape index (κ1) is 10.4. The fourth-order valence-electron chi connectivity index (χ4n) is 0.469. The molecule has 4 heteroatoms. The average molecular weight is 176 g/mol. The van der Waals surface area contributed by atoms with Crippen LogP contribution in [0.4, 0.5) is 0 Å². The number of carbonyl (C=O) groups excluding carboxylic acids is 1. The Morgan fingerprint density at radius 3 is 2.73 bits per heavy atom. The molecule has 11 heavy (non-hydrogen) atoms. The van der Waals surface area contributed by atoms with Crippen LogP contribution in [0.1, 0.15) is 13.3 Å². The maximum absolute atomic E-state index is 10.9. The minimum absolute atomic E-state index is 0.463. The van der Waals surface area contributed by atoms with Crippen LogP contribution in [0, 0.1) is 0 Å². The zero-order chi connectivity index (χ0) is 8.69. The van der Waals surface area contributed by atoms with Gasteiger partial charge in [0.1, 0.15) is 0 Å². The van der Waals surface area contributed by atoms with E-state index in [1.54, 1.807) is 0 Å². The molecular weight excluding hydrogens is 164 g/mol. The number of hydrogen-bond acceptors (Lipinski definition) is 3. The smallest absolute Gasteiger partial charge is 0.331 e. The second-order valence-corrected chi connectivity index (χ2v) is 3.35. The van der Waals surface area contributed by atoms with Crippen molar-refractivity contribution in [3.05, 3.63) is 11.5 Å². The molecule has 0 aromatic carbocycles. The molecule has 0 aromatic heterocycles. The van der Waals surface area contributed by atoms with Gasteiger partial charge in [0.15, 0.2) is 0 Å². The third-order valence-corrected chi connectivity index (χ3v) is 2.21. The van der Waals surface area contributed by atoms with Gasteiger partial charge in [-0.15, -0.1) is 0 Å². The van der Waals surface area contributed by atoms with Crippen LogP contribution in [-0.4, -0.2) is 23.0 Å². The van der Waals surface area contributed by atoms with Crippen molar-refractivity contribution in [1.29, 1.82) is 0 Å². The maximum Gasteiger partial charge on any atom is 0.331 e. The van der Waals surface area contributed by atoms with Gasteiger partial charge < -0.3 is 4.74 Å². The lowest BCUT2D eigenvalue weighted by atomic mass is 10.6. The van der Waals surface area contributed by atoms with Gasteiger partial charge in [-0.2, -0.15) is 0 Å². The Balaban J connectivity index is 3.73. The van der Waals surface area contributed by atoms with Gasteiger partial charge in [-0.25, -0.2) is 4.79 Å². The molecule has 1 atom stereocenters. The predicted molar refractivity (Wildman–Crippen MR) is 44.5 cm³/mol. The normalized spacial score (nSPS) is 13.3. The molecule has 0 radical (unpaired) electrons. The molecule has 0 fully saturated rings. The van der Waals surface area contributed by atoms with E-state index in [4.69, 9.17) is 0 Å². The van der Waals surface area contributed by atoms with Gasteiger partial charge in [0.05, 0.1) is 7.11 Å². The van der Waals surface area contributed by atoms with Gasteiger partial charge in [-0.3, -0.25) is 4.21 Å². The van der Waals surface area contributed by atoms with Crippen LogP contribution in [0.15, 0.2) is 11.5 Å². The topological polar surface area (TPSA) is 43.4 Å². The summed E-state index contributed by atoms with van der Waals surface area (Å²) in [7, 11) is 0.264. The molecule has 0 bridgehead atoms. The van der Waals surface area contributed by atoms with Crippen molar-refractivity contribution < 1.29 is 13.7 Å². The van der Waals surface area contributed by atoms with Crippen molar-refractivity contribution in [2.24, 2.45) is 0 Å². The van der Waals surface area contributed by atoms with Gasteiger partial charge in [0.25, 0.3) is 0 Å². The number of ether oxygens (including phenoxy) is 1. The summed E-state index contributed by atoms with van der Waals surface area (Å²) in [6, 6.07) is 0. The third kappa shape index (κ3) is 5.79. The summed E-state index contributed by atoms with van der Waals surface area (Å²) in [5.74, 6) is 0.127. The van der Waals surface area contributed by atoms with E-state index in [-0.39, 0.29) is 0 Å². The van der Waals surface area contributed by atoms with E-state index in [1.165, 1.54) is 18.6 Å². The van der Waals surface area contributed by atoms with Crippen molar-refractivity contribution >= 4 is 16.8 Å². The highest BCUT2D eigenvalue weighted by molar-refractivity contribution is 7.87. The van der Waals surface area contributed by atoms with E-state index in [1.807, 2.05) is 6.92 Å². The summed E-state index contributed by atoms with van der Waals surface area (Å²) < 4.78 is 15.2. The summed E-state index contributed by atoms with van der Waals surface area (Å²) >= 11 is 0. The monoisotopic (exact) mass is 176 g/mol. The van der Waals surface area contributed by atoms with E-state index in [0.29, 0.717) is 5.75 Å². The summed E-state index contributed by atoms with van der Waals surface area (Å²) in [5.41, 5.74) is 0. The van der Waals surface area contributed by atoms with Crippen LogP contribution in [0.25, 0.3) is 0 Å². The molecule has 1 unspecified atom stereocenters. The number of esters is 1. The molecule has 0 N–H and O–H groups in total. The quantitative estimate of drug-likeness (QED) is 0.470. The molecule has 0 spiro atoms. The van der Waals surface area contributed by atoms with E-state index in [2.05, 4.69) is 4.74 Å². The average Bonchev–Trinajstić information content (AvgIpc) is 2.01. The summed E-state index contributed by atoms with van der Waals surface area (Å²) in [5, 5.41) is 1.36. The lowest BCUT2D eigenvalue weighted by Crippen LogP contribution is -1.96. The lowest BCUT2D eigenvalue weighted by molar-refractivity contribution is -0.134. The van der Waals surface area contributed by atoms with Crippen molar-refractivity contribution in [3.8, 4) is 0 Å². The van der Waals surface area contributed by atoms with Crippen LogP contribution >= 0.6 is 0 Å². The van der Waals surface area contributed by atoms with Crippen molar-refractivity contribution in [2.75, 3.05) is 12.9 Å². The second-order valence-electron chi connectivity index (χ2n) is 1.91. The Morgan fingerprint density at radius 1 is 1.64 bits per heavy atom. The minimum atomic E-state index is -1.02. The maximum atomic E-state index is 10.9. The Kier molecular flexibility index (Phi) is 5.74. The predicted octanol–water partition coefficient (Wildman–Crippen LogP) is 0.832. The zero-order valence-corrected chi connectivity index (χ0v) is 7.52. The highest BCUT2D eigenvalue weighted by atomic mass is 32.2. The molecule has 0 heterocycles. The Hall–Kier alpha value is -0.640. The van der Waals surface area contributed by atoms with Crippen molar-refractivity contribution in [1.82, 2.24) is 0 Å². The first-order chi connectivity index (χ1) is 5.20. The molecule has 0 aromatic rings. The van der Waals surface area contributed by atoms with Crippen LogP contribution < -0.4 is 0 Å². The van der Waals surface area contributed by atoms with E-state index < -0.39 is 16.8 Å². The number of carbonyl (C=O) groups is 1. The molecule has 0 aliphatic carbocycles. The Bertz CT molecular complexity index is 175. The van der Waals surface area contributed by atoms with E-state index in [0.717, 1.165) is 6.42 Å². The van der Waals surface area contributed by atoms with E-state index >= 15 is 0 Å². The largest absolute Gasteiger partial charge is 0.466 e. The van der Waals surface area contributed by atoms with Crippen molar-refractivity contribution in [2.45, 2.75) is 13.3 Å². The molecule has 3 nitrogen and oxygen atoms in total. The van der Waals surface area contributed by atoms with Crippen LogP contribution in [0.3, 0.4) is 0 Å². The third-order valence-electron chi connectivity index (χ3n) is 0.962. The van der Waals surface area contributed by atoms with Gasteiger partial charge >= 0.3 is 5.97 Å². The van der Waals surface area contributed by atoms with Gasteiger partial charge in [-0.1, -0.05) is 6.92 Å². The fourth-order valence-corrected chi connectivity index (χ4v) is 1.27. The summed E-state index contributed by atoms with van der Waals surface area (Å²) in [4.78, 5) is 10.5. The summed E-state index contributed by atoms with van der Waals surface area (Å²) in [6.45, 7) is 1.93. The van der Waals surface area contributed by atoms with Crippen LogP contribution in [0.5, 0.6) is 0 Å². The highest BCUT2D eigenvalue weighted by Gasteiger charge is 1.94. The first-order valence-electron chi connectivity index (χ1n) is 3.34.